The maximum atomic E-state index is 11.4. The van der Waals surface area contributed by atoms with Crippen molar-refractivity contribution in [2.75, 3.05) is 12.9 Å². The molecule has 0 unspecified atom stereocenters. The van der Waals surface area contributed by atoms with E-state index >= 15 is 0 Å². The second kappa shape index (κ2) is 5.21. The summed E-state index contributed by atoms with van der Waals surface area (Å²) in [7, 11) is 1.33. The van der Waals surface area contributed by atoms with Gasteiger partial charge in [0.15, 0.2) is 5.16 Å². The van der Waals surface area contributed by atoms with Crippen molar-refractivity contribution < 1.29 is 9.53 Å². The standard InChI is InChI=1S/C10H12N4O3S/c1-3-6-4-7(15)11-9-12-13-10(14(6)9)18-5-8(16)17-2/h4H,3,5H2,1-2H3,(H,11,12,15). The topological polar surface area (TPSA) is 89.4 Å². The number of hydrogen-bond donors (Lipinski definition) is 1. The monoisotopic (exact) mass is 268 g/mol. The number of thioether (sulfide) groups is 1. The molecule has 7 nitrogen and oxygen atoms in total. The molecule has 2 aromatic heterocycles. The smallest absolute Gasteiger partial charge is 0.316 e. The lowest BCUT2D eigenvalue weighted by atomic mass is 10.3. The third-order valence-corrected chi connectivity index (χ3v) is 3.26. The molecule has 1 N–H and O–H groups in total. The maximum Gasteiger partial charge on any atom is 0.316 e. The highest BCUT2D eigenvalue weighted by molar-refractivity contribution is 7.99. The van der Waals surface area contributed by atoms with Gasteiger partial charge in [0.25, 0.3) is 5.56 Å². The highest BCUT2D eigenvalue weighted by atomic mass is 32.2. The van der Waals surface area contributed by atoms with Crippen molar-refractivity contribution in [2.24, 2.45) is 0 Å². The Hall–Kier alpha value is -1.83. The first-order chi connectivity index (χ1) is 8.65. The second-order valence-electron chi connectivity index (χ2n) is 3.48. The normalized spacial score (nSPS) is 10.8. The molecule has 0 amide bonds. The fraction of sp³-hybridized carbons (Fsp3) is 0.400. The molecule has 0 aliphatic carbocycles. The zero-order chi connectivity index (χ0) is 13.1. The van der Waals surface area contributed by atoms with Crippen LogP contribution in [0.5, 0.6) is 0 Å². The maximum absolute atomic E-state index is 11.4. The van der Waals surface area contributed by atoms with Crippen molar-refractivity contribution in [3.05, 3.63) is 22.1 Å². The van der Waals surface area contributed by atoms with Crippen molar-refractivity contribution in [2.45, 2.75) is 18.5 Å². The number of H-pyrrole nitrogens is 1. The molecule has 0 aliphatic heterocycles. The second-order valence-corrected chi connectivity index (χ2v) is 4.43. The fourth-order valence-corrected chi connectivity index (χ4v) is 2.30. The van der Waals surface area contributed by atoms with Gasteiger partial charge in [-0.3, -0.25) is 19.0 Å². The Morgan fingerprint density at radius 3 is 3.00 bits per heavy atom. The zero-order valence-electron chi connectivity index (χ0n) is 9.97. The number of aromatic nitrogens is 4. The molecule has 2 heterocycles. The molecule has 0 aliphatic rings. The highest BCUT2D eigenvalue weighted by Gasteiger charge is 2.12. The molecule has 18 heavy (non-hydrogen) atoms. The molecule has 0 radical (unpaired) electrons. The van der Waals surface area contributed by atoms with Crippen LogP contribution in [0.1, 0.15) is 12.6 Å². The summed E-state index contributed by atoms with van der Waals surface area (Å²) in [6.45, 7) is 1.93. The van der Waals surface area contributed by atoms with Gasteiger partial charge in [-0.2, -0.15) is 0 Å². The third-order valence-electron chi connectivity index (χ3n) is 2.36. The number of hydrogen-bond acceptors (Lipinski definition) is 6. The van der Waals surface area contributed by atoms with E-state index in [1.54, 1.807) is 4.40 Å². The molecular weight excluding hydrogens is 256 g/mol. The van der Waals surface area contributed by atoms with Crippen LogP contribution in [-0.4, -0.2) is 38.4 Å². The van der Waals surface area contributed by atoms with Crippen LogP contribution in [-0.2, 0) is 16.0 Å². The molecular formula is C10H12N4O3S. The van der Waals surface area contributed by atoms with Gasteiger partial charge in [-0.15, -0.1) is 10.2 Å². The van der Waals surface area contributed by atoms with Gasteiger partial charge in [0.05, 0.1) is 12.9 Å². The largest absolute Gasteiger partial charge is 0.468 e. The summed E-state index contributed by atoms with van der Waals surface area (Å²) < 4.78 is 6.29. The Morgan fingerprint density at radius 1 is 1.56 bits per heavy atom. The number of nitrogens with one attached hydrogen (secondary N) is 1. The van der Waals surface area contributed by atoms with E-state index in [4.69, 9.17) is 0 Å². The van der Waals surface area contributed by atoms with Gasteiger partial charge in [-0.05, 0) is 6.42 Å². The number of methoxy groups -OCH3 is 1. The van der Waals surface area contributed by atoms with Gasteiger partial charge in [0, 0.05) is 11.8 Å². The number of aromatic amines is 1. The number of nitrogens with zero attached hydrogens (tertiary/aromatic N) is 3. The van der Waals surface area contributed by atoms with Crippen molar-refractivity contribution >= 4 is 23.5 Å². The lowest BCUT2D eigenvalue weighted by Crippen LogP contribution is -2.12. The van der Waals surface area contributed by atoms with Gasteiger partial charge in [0.1, 0.15) is 0 Å². The SMILES string of the molecule is CCc1cc(=O)[nH]c2nnc(SCC(=O)OC)n12. The van der Waals surface area contributed by atoms with E-state index < -0.39 is 0 Å². The minimum absolute atomic E-state index is 0.152. The number of fused-ring (bicyclic) bond motifs is 1. The summed E-state index contributed by atoms with van der Waals surface area (Å²) in [6.07, 6.45) is 0.671. The number of esters is 1. The zero-order valence-corrected chi connectivity index (χ0v) is 10.8. The van der Waals surface area contributed by atoms with Crippen molar-refractivity contribution in [1.82, 2.24) is 19.6 Å². The van der Waals surface area contributed by atoms with Crippen molar-refractivity contribution in [3.63, 3.8) is 0 Å². The quantitative estimate of drug-likeness (QED) is 0.631. The first-order valence-corrected chi connectivity index (χ1v) is 6.31. The Kier molecular flexibility index (Phi) is 3.66. The Labute approximate surface area is 107 Å². The van der Waals surface area contributed by atoms with Gasteiger partial charge in [0.2, 0.25) is 5.78 Å². The molecule has 0 saturated heterocycles. The molecule has 0 saturated carbocycles. The Morgan fingerprint density at radius 2 is 2.33 bits per heavy atom. The fourth-order valence-electron chi connectivity index (χ4n) is 1.51. The average molecular weight is 268 g/mol. The molecule has 0 bridgehead atoms. The number of ether oxygens (including phenoxy) is 1. The summed E-state index contributed by atoms with van der Waals surface area (Å²) in [5.41, 5.74) is 0.586. The molecule has 96 valence electrons. The summed E-state index contributed by atoms with van der Waals surface area (Å²) in [5.74, 6) is 0.200. The number of carbonyl (C=O) groups excluding carboxylic acids is 1. The van der Waals surface area contributed by atoms with E-state index in [2.05, 4.69) is 19.9 Å². The molecule has 0 atom stereocenters. The van der Waals surface area contributed by atoms with Crippen molar-refractivity contribution in [3.8, 4) is 0 Å². The minimum atomic E-state index is -0.334. The Balaban J connectivity index is 2.40. The van der Waals surface area contributed by atoms with E-state index in [9.17, 15) is 9.59 Å². The summed E-state index contributed by atoms with van der Waals surface area (Å²) >= 11 is 1.22. The van der Waals surface area contributed by atoms with E-state index in [0.717, 1.165) is 5.69 Å². The summed E-state index contributed by atoms with van der Waals surface area (Å²) in [4.78, 5) is 25.1. The van der Waals surface area contributed by atoms with Crippen LogP contribution in [0.4, 0.5) is 0 Å². The van der Waals surface area contributed by atoms with Gasteiger partial charge >= 0.3 is 5.97 Å². The molecule has 0 fully saturated rings. The van der Waals surface area contributed by atoms with Gasteiger partial charge in [-0.1, -0.05) is 18.7 Å². The van der Waals surface area contributed by atoms with Gasteiger partial charge in [-0.25, -0.2) is 0 Å². The average Bonchev–Trinajstić information content (AvgIpc) is 2.77. The van der Waals surface area contributed by atoms with Crippen LogP contribution in [0, 0.1) is 0 Å². The Bertz CT molecular complexity index is 634. The predicted octanol–water partition coefficient (Wildman–Crippen LogP) is 0.245. The van der Waals surface area contributed by atoms with Crippen LogP contribution in [0.2, 0.25) is 0 Å². The van der Waals surface area contributed by atoms with Crippen LogP contribution < -0.4 is 5.56 Å². The number of rotatable bonds is 4. The minimum Gasteiger partial charge on any atom is -0.468 e. The van der Waals surface area contributed by atoms with E-state index in [-0.39, 0.29) is 17.3 Å². The first-order valence-electron chi connectivity index (χ1n) is 5.32. The predicted molar refractivity (Wildman–Crippen MR) is 65.7 cm³/mol. The first kappa shape index (κ1) is 12.6. The lowest BCUT2D eigenvalue weighted by molar-refractivity contribution is -0.137. The third kappa shape index (κ3) is 2.37. The van der Waals surface area contributed by atoms with Crippen molar-refractivity contribution in [1.29, 1.82) is 0 Å². The van der Waals surface area contributed by atoms with E-state index in [1.807, 2.05) is 6.92 Å². The molecule has 0 spiro atoms. The molecule has 2 aromatic rings. The van der Waals surface area contributed by atoms with E-state index in [1.165, 1.54) is 24.9 Å². The van der Waals surface area contributed by atoms with Crippen LogP contribution in [0.25, 0.3) is 5.78 Å². The highest BCUT2D eigenvalue weighted by Crippen LogP contribution is 2.17. The van der Waals surface area contributed by atoms with Crippen LogP contribution in [0.3, 0.4) is 0 Å². The molecule has 0 aromatic carbocycles. The lowest BCUT2D eigenvalue weighted by Gasteiger charge is -2.03. The van der Waals surface area contributed by atoms with E-state index in [0.29, 0.717) is 17.4 Å². The molecule has 2 rings (SSSR count). The summed E-state index contributed by atoms with van der Waals surface area (Å²) in [5, 5.41) is 8.38. The summed E-state index contributed by atoms with van der Waals surface area (Å²) in [6, 6.07) is 1.50. The van der Waals surface area contributed by atoms with Crippen LogP contribution in [0.15, 0.2) is 16.0 Å². The number of carbonyl (C=O) groups is 1. The van der Waals surface area contributed by atoms with Crippen LogP contribution >= 0.6 is 11.8 Å². The van der Waals surface area contributed by atoms with Gasteiger partial charge < -0.3 is 4.74 Å². The molecule has 8 heteroatoms. The number of aryl methyl sites for hydroxylation is 1.